The lowest BCUT2D eigenvalue weighted by atomic mass is 10.2. The molecule has 21 heavy (non-hydrogen) atoms. The van der Waals surface area contributed by atoms with Crippen LogP contribution in [0.2, 0.25) is 0 Å². The van der Waals surface area contributed by atoms with E-state index in [1.54, 1.807) is 24.3 Å². The standard InChI is InChI=1S/C15H20N2O3S/c1-3-4-5-11-20-14-12-13(2)7-8-15(14)21(18,19)17-10-6-9-16-17/h6-10,12H,3-5,11H2,1-2H3. The average molecular weight is 308 g/mol. The number of ether oxygens (including phenoxy) is 1. The molecule has 0 saturated carbocycles. The monoisotopic (exact) mass is 308 g/mol. The van der Waals surface area contributed by atoms with Crippen molar-refractivity contribution < 1.29 is 13.2 Å². The van der Waals surface area contributed by atoms with Gasteiger partial charge in [-0.2, -0.15) is 17.6 Å². The molecule has 0 fully saturated rings. The van der Waals surface area contributed by atoms with E-state index in [4.69, 9.17) is 4.74 Å². The van der Waals surface area contributed by atoms with Gasteiger partial charge in [-0.05, 0) is 37.1 Å². The molecule has 0 N–H and O–H groups in total. The van der Waals surface area contributed by atoms with Crippen molar-refractivity contribution in [2.75, 3.05) is 6.61 Å². The van der Waals surface area contributed by atoms with Crippen LogP contribution in [0.1, 0.15) is 31.7 Å². The van der Waals surface area contributed by atoms with Gasteiger partial charge in [0.1, 0.15) is 10.6 Å². The summed E-state index contributed by atoms with van der Waals surface area (Å²) < 4.78 is 31.7. The average Bonchev–Trinajstić information content (AvgIpc) is 2.98. The van der Waals surface area contributed by atoms with Crippen LogP contribution in [0.3, 0.4) is 0 Å². The molecule has 0 atom stereocenters. The molecule has 0 aliphatic heterocycles. The quantitative estimate of drug-likeness (QED) is 0.738. The molecule has 1 heterocycles. The minimum absolute atomic E-state index is 0.147. The Kier molecular flexibility index (Phi) is 5.01. The topological polar surface area (TPSA) is 61.2 Å². The summed E-state index contributed by atoms with van der Waals surface area (Å²) in [6.45, 7) is 4.53. The molecule has 0 spiro atoms. The summed E-state index contributed by atoms with van der Waals surface area (Å²) in [7, 11) is -3.71. The molecule has 0 unspecified atom stereocenters. The number of nitrogens with zero attached hydrogens (tertiary/aromatic N) is 2. The van der Waals surface area contributed by atoms with Gasteiger partial charge in [0.2, 0.25) is 0 Å². The highest BCUT2D eigenvalue weighted by atomic mass is 32.2. The molecule has 0 radical (unpaired) electrons. The van der Waals surface area contributed by atoms with Crippen molar-refractivity contribution in [3.8, 4) is 5.75 Å². The molecule has 6 heteroatoms. The molecule has 2 aromatic rings. The van der Waals surface area contributed by atoms with Crippen LogP contribution in [0, 0.1) is 6.92 Å². The summed E-state index contributed by atoms with van der Waals surface area (Å²) in [6.07, 6.45) is 5.91. The second-order valence-corrected chi connectivity index (χ2v) is 6.65. The van der Waals surface area contributed by atoms with Crippen LogP contribution in [0.25, 0.3) is 0 Å². The largest absolute Gasteiger partial charge is 0.492 e. The lowest BCUT2D eigenvalue weighted by Crippen LogP contribution is -2.15. The van der Waals surface area contributed by atoms with Gasteiger partial charge in [-0.25, -0.2) is 0 Å². The van der Waals surface area contributed by atoms with E-state index in [1.165, 1.54) is 12.4 Å². The fourth-order valence-electron chi connectivity index (χ4n) is 1.97. The zero-order valence-corrected chi connectivity index (χ0v) is 13.1. The van der Waals surface area contributed by atoms with Crippen molar-refractivity contribution in [2.45, 2.75) is 38.0 Å². The third-order valence-electron chi connectivity index (χ3n) is 3.11. The molecule has 114 valence electrons. The predicted molar refractivity (Wildman–Crippen MR) is 81.0 cm³/mol. The molecule has 5 nitrogen and oxygen atoms in total. The second-order valence-electron chi connectivity index (χ2n) is 4.89. The van der Waals surface area contributed by atoms with Crippen LogP contribution in [-0.2, 0) is 10.0 Å². The Balaban J connectivity index is 2.31. The molecule has 2 rings (SSSR count). The van der Waals surface area contributed by atoms with Crippen LogP contribution in [0.5, 0.6) is 5.75 Å². The van der Waals surface area contributed by atoms with Gasteiger partial charge in [-0.3, -0.25) is 0 Å². The maximum Gasteiger partial charge on any atom is 0.286 e. The van der Waals surface area contributed by atoms with Crippen LogP contribution in [-0.4, -0.2) is 24.2 Å². The summed E-state index contributed by atoms with van der Waals surface area (Å²) in [5.74, 6) is 0.390. The maximum absolute atomic E-state index is 12.5. The minimum Gasteiger partial charge on any atom is -0.492 e. The van der Waals surface area contributed by atoms with Crippen LogP contribution >= 0.6 is 0 Å². The lowest BCUT2D eigenvalue weighted by molar-refractivity contribution is 0.298. The summed E-state index contributed by atoms with van der Waals surface area (Å²) in [5, 5.41) is 3.81. The van der Waals surface area contributed by atoms with E-state index < -0.39 is 10.0 Å². The smallest absolute Gasteiger partial charge is 0.286 e. The first-order valence-electron chi connectivity index (χ1n) is 7.04. The Morgan fingerprint density at radius 1 is 1.29 bits per heavy atom. The van der Waals surface area contributed by atoms with Crippen LogP contribution in [0.4, 0.5) is 0 Å². The minimum atomic E-state index is -3.71. The first-order valence-corrected chi connectivity index (χ1v) is 8.48. The van der Waals surface area contributed by atoms with Crippen LogP contribution in [0.15, 0.2) is 41.6 Å². The normalized spacial score (nSPS) is 11.5. The molecule has 0 aliphatic rings. The van der Waals surface area contributed by atoms with E-state index in [9.17, 15) is 8.42 Å². The Labute approximate surface area is 125 Å². The first kappa shape index (κ1) is 15.6. The molecule has 0 saturated heterocycles. The highest BCUT2D eigenvalue weighted by Gasteiger charge is 2.22. The third kappa shape index (κ3) is 3.64. The van der Waals surface area contributed by atoms with Gasteiger partial charge in [0.15, 0.2) is 0 Å². The molecule has 0 amide bonds. The fraction of sp³-hybridized carbons (Fsp3) is 0.400. The fourth-order valence-corrected chi connectivity index (χ4v) is 3.20. The summed E-state index contributed by atoms with van der Waals surface area (Å²) >= 11 is 0. The van der Waals surface area contributed by atoms with E-state index in [1.807, 2.05) is 6.92 Å². The lowest BCUT2D eigenvalue weighted by Gasteiger charge is -2.12. The number of rotatable bonds is 7. The van der Waals surface area contributed by atoms with Gasteiger partial charge in [-0.15, -0.1) is 0 Å². The van der Waals surface area contributed by atoms with Gasteiger partial charge >= 0.3 is 0 Å². The van der Waals surface area contributed by atoms with E-state index in [0.29, 0.717) is 12.4 Å². The SMILES string of the molecule is CCCCCOc1cc(C)ccc1S(=O)(=O)n1cccn1. The summed E-state index contributed by atoms with van der Waals surface area (Å²) in [4.78, 5) is 0.147. The Morgan fingerprint density at radius 2 is 2.10 bits per heavy atom. The first-order chi connectivity index (χ1) is 10.1. The van der Waals surface area contributed by atoms with Crippen molar-refractivity contribution in [3.63, 3.8) is 0 Å². The van der Waals surface area contributed by atoms with Crippen molar-refractivity contribution >= 4 is 10.0 Å². The molecular weight excluding hydrogens is 288 g/mol. The van der Waals surface area contributed by atoms with E-state index in [2.05, 4.69) is 12.0 Å². The Hall–Kier alpha value is -1.82. The number of unbranched alkanes of at least 4 members (excludes halogenated alkanes) is 2. The van der Waals surface area contributed by atoms with E-state index >= 15 is 0 Å². The van der Waals surface area contributed by atoms with Gasteiger partial charge in [0, 0.05) is 6.20 Å². The molecule has 1 aromatic heterocycles. The predicted octanol–water partition coefficient (Wildman–Crippen LogP) is 3.00. The van der Waals surface area contributed by atoms with Crippen molar-refractivity contribution in [2.24, 2.45) is 0 Å². The number of hydrogen-bond acceptors (Lipinski definition) is 4. The summed E-state index contributed by atoms with van der Waals surface area (Å²) in [5.41, 5.74) is 0.958. The maximum atomic E-state index is 12.5. The highest BCUT2D eigenvalue weighted by molar-refractivity contribution is 7.90. The van der Waals surface area contributed by atoms with Gasteiger partial charge in [-0.1, -0.05) is 25.8 Å². The van der Waals surface area contributed by atoms with Crippen molar-refractivity contribution in [1.82, 2.24) is 9.19 Å². The Morgan fingerprint density at radius 3 is 2.76 bits per heavy atom. The summed E-state index contributed by atoms with van der Waals surface area (Å²) in [6, 6.07) is 6.66. The number of hydrogen-bond donors (Lipinski definition) is 0. The Bertz CT molecular complexity index is 679. The molecule has 1 aromatic carbocycles. The number of aryl methyl sites for hydroxylation is 1. The van der Waals surface area contributed by atoms with Gasteiger partial charge in [0.25, 0.3) is 10.0 Å². The van der Waals surface area contributed by atoms with Crippen molar-refractivity contribution in [3.05, 3.63) is 42.2 Å². The third-order valence-corrected chi connectivity index (χ3v) is 4.71. The second kappa shape index (κ2) is 6.76. The zero-order chi connectivity index (χ0) is 15.3. The van der Waals surface area contributed by atoms with E-state index in [-0.39, 0.29) is 4.90 Å². The van der Waals surface area contributed by atoms with E-state index in [0.717, 1.165) is 28.9 Å². The van der Waals surface area contributed by atoms with Gasteiger partial charge < -0.3 is 4.74 Å². The number of aromatic nitrogens is 2. The molecule has 0 bridgehead atoms. The zero-order valence-electron chi connectivity index (χ0n) is 12.3. The van der Waals surface area contributed by atoms with Gasteiger partial charge in [0.05, 0.1) is 12.8 Å². The van der Waals surface area contributed by atoms with Crippen molar-refractivity contribution in [1.29, 1.82) is 0 Å². The highest BCUT2D eigenvalue weighted by Crippen LogP contribution is 2.27. The molecular formula is C15H20N2O3S. The molecule has 0 aliphatic carbocycles. The number of benzene rings is 1. The van der Waals surface area contributed by atoms with Crippen LogP contribution < -0.4 is 4.74 Å².